The standard InChI is InChI=1S/C13H11NO/c1-3-10(2)15-12-8-4-6-11-7-5-9-14-13(11)12/h1,4-10H,2H3/t10-/m1/s1. The fourth-order valence-corrected chi connectivity index (χ4v) is 1.40. The molecule has 1 aromatic carbocycles. The lowest BCUT2D eigenvalue weighted by Gasteiger charge is -2.10. The maximum atomic E-state index is 5.58. The number of nitrogens with zero attached hydrogens (tertiary/aromatic N) is 1. The summed E-state index contributed by atoms with van der Waals surface area (Å²) in [5, 5.41) is 1.05. The van der Waals surface area contributed by atoms with Crippen LogP contribution < -0.4 is 4.74 Å². The van der Waals surface area contributed by atoms with Gasteiger partial charge >= 0.3 is 0 Å². The number of aromatic nitrogens is 1. The van der Waals surface area contributed by atoms with Crippen LogP contribution >= 0.6 is 0 Å². The van der Waals surface area contributed by atoms with E-state index in [1.165, 1.54) is 0 Å². The summed E-state index contributed by atoms with van der Waals surface area (Å²) in [5.74, 6) is 3.26. The third-order valence-electron chi connectivity index (χ3n) is 2.13. The molecule has 1 heterocycles. The maximum Gasteiger partial charge on any atom is 0.156 e. The molecule has 0 spiro atoms. The fraction of sp³-hybridized carbons (Fsp3) is 0.154. The Morgan fingerprint density at radius 1 is 1.33 bits per heavy atom. The molecule has 0 aliphatic rings. The minimum Gasteiger partial charge on any atom is -0.476 e. The molecular weight excluding hydrogens is 186 g/mol. The number of ether oxygens (including phenoxy) is 1. The summed E-state index contributed by atoms with van der Waals surface area (Å²) in [6, 6.07) is 9.70. The zero-order valence-corrected chi connectivity index (χ0v) is 8.47. The Hall–Kier alpha value is -2.01. The molecule has 74 valence electrons. The molecule has 0 unspecified atom stereocenters. The molecule has 0 saturated carbocycles. The number of para-hydroxylation sites is 1. The number of hydrogen-bond donors (Lipinski definition) is 0. The molecular formula is C13H11NO. The van der Waals surface area contributed by atoms with Gasteiger partial charge in [0.15, 0.2) is 6.10 Å². The largest absolute Gasteiger partial charge is 0.476 e. The predicted octanol–water partition coefficient (Wildman–Crippen LogP) is 2.64. The van der Waals surface area contributed by atoms with E-state index in [9.17, 15) is 0 Å². The molecule has 2 rings (SSSR count). The van der Waals surface area contributed by atoms with Gasteiger partial charge in [0.1, 0.15) is 11.3 Å². The quantitative estimate of drug-likeness (QED) is 0.690. The number of benzene rings is 1. The van der Waals surface area contributed by atoms with E-state index in [-0.39, 0.29) is 6.10 Å². The number of hydrogen-bond acceptors (Lipinski definition) is 2. The van der Waals surface area contributed by atoms with Gasteiger partial charge in [-0.05, 0) is 19.1 Å². The van der Waals surface area contributed by atoms with Crippen molar-refractivity contribution in [3.63, 3.8) is 0 Å². The van der Waals surface area contributed by atoms with Gasteiger partial charge in [-0.25, -0.2) is 0 Å². The average Bonchev–Trinajstić information content (AvgIpc) is 2.29. The lowest BCUT2D eigenvalue weighted by atomic mass is 10.2. The second-order valence-electron chi connectivity index (χ2n) is 3.26. The normalized spacial score (nSPS) is 12.0. The summed E-state index contributed by atoms with van der Waals surface area (Å²) in [7, 11) is 0. The molecule has 2 heteroatoms. The molecule has 0 bridgehead atoms. The lowest BCUT2D eigenvalue weighted by Crippen LogP contribution is -2.08. The van der Waals surface area contributed by atoms with Crippen LogP contribution in [0.5, 0.6) is 5.75 Å². The highest BCUT2D eigenvalue weighted by atomic mass is 16.5. The topological polar surface area (TPSA) is 22.1 Å². The zero-order valence-electron chi connectivity index (χ0n) is 8.47. The molecule has 0 saturated heterocycles. The van der Waals surface area contributed by atoms with Crippen LogP contribution in [-0.4, -0.2) is 11.1 Å². The Labute approximate surface area is 88.9 Å². The molecule has 0 radical (unpaired) electrons. The lowest BCUT2D eigenvalue weighted by molar-refractivity contribution is 0.282. The SMILES string of the molecule is C#C[C@@H](C)Oc1cccc2cccnc12. The van der Waals surface area contributed by atoms with E-state index >= 15 is 0 Å². The minimum absolute atomic E-state index is 0.238. The van der Waals surface area contributed by atoms with Crippen molar-refractivity contribution >= 4 is 10.9 Å². The van der Waals surface area contributed by atoms with Gasteiger partial charge < -0.3 is 4.74 Å². The van der Waals surface area contributed by atoms with Crippen molar-refractivity contribution in [3.05, 3.63) is 36.5 Å². The molecule has 15 heavy (non-hydrogen) atoms. The third kappa shape index (κ3) is 1.92. The number of fused-ring (bicyclic) bond motifs is 1. The second kappa shape index (κ2) is 4.02. The van der Waals surface area contributed by atoms with E-state index in [0.717, 1.165) is 16.7 Å². The molecule has 0 amide bonds. The average molecular weight is 197 g/mol. The molecule has 0 aliphatic carbocycles. The second-order valence-corrected chi connectivity index (χ2v) is 3.26. The third-order valence-corrected chi connectivity index (χ3v) is 2.13. The van der Waals surface area contributed by atoms with Crippen molar-refractivity contribution in [2.24, 2.45) is 0 Å². The Bertz CT molecular complexity index is 508. The highest BCUT2D eigenvalue weighted by Crippen LogP contribution is 2.23. The van der Waals surface area contributed by atoms with Crippen molar-refractivity contribution in [3.8, 4) is 18.1 Å². The van der Waals surface area contributed by atoms with E-state index < -0.39 is 0 Å². The summed E-state index contributed by atoms with van der Waals surface area (Å²) in [4.78, 5) is 4.27. The first-order valence-electron chi connectivity index (χ1n) is 4.78. The van der Waals surface area contributed by atoms with Crippen molar-refractivity contribution in [2.75, 3.05) is 0 Å². The van der Waals surface area contributed by atoms with Crippen LogP contribution in [0, 0.1) is 12.3 Å². The summed E-state index contributed by atoms with van der Waals surface area (Å²) >= 11 is 0. The van der Waals surface area contributed by atoms with Crippen molar-refractivity contribution in [2.45, 2.75) is 13.0 Å². The number of pyridine rings is 1. The molecule has 1 aromatic heterocycles. The summed E-state index contributed by atoms with van der Waals surface area (Å²) in [5.41, 5.74) is 0.849. The van der Waals surface area contributed by atoms with E-state index in [4.69, 9.17) is 11.2 Å². The number of terminal acetylenes is 1. The molecule has 1 atom stereocenters. The van der Waals surface area contributed by atoms with Crippen LogP contribution in [0.1, 0.15) is 6.92 Å². The fourth-order valence-electron chi connectivity index (χ4n) is 1.40. The zero-order chi connectivity index (χ0) is 10.7. The van der Waals surface area contributed by atoms with Crippen molar-refractivity contribution in [1.82, 2.24) is 4.98 Å². The van der Waals surface area contributed by atoms with Crippen LogP contribution in [0.15, 0.2) is 36.5 Å². The Balaban J connectivity index is 2.48. The maximum absolute atomic E-state index is 5.58. The van der Waals surface area contributed by atoms with E-state index in [1.54, 1.807) is 6.20 Å². The van der Waals surface area contributed by atoms with E-state index in [1.807, 2.05) is 37.3 Å². The van der Waals surface area contributed by atoms with E-state index in [2.05, 4.69) is 10.9 Å². The van der Waals surface area contributed by atoms with Gasteiger partial charge in [-0.1, -0.05) is 24.1 Å². The van der Waals surface area contributed by atoms with Crippen molar-refractivity contribution < 1.29 is 4.74 Å². The van der Waals surface area contributed by atoms with Crippen LogP contribution in [0.3, 0.4) is 0 Å². The van der Waals surface area contributed by atoms with Gasteiger partial charge in [0.2, 0.25) is 0 Å². The number of rotatable bonds is 2. The molecule has 0 aliphatic heterocycles. The van der Waals surface area contributed by atoms with Gasteiger partial charge in [0.25, 0.3) is 0 Å². The van der Waals surface area contributed by atoms with Gasteiger partial charge in [0, 0.05) is 11.6 Å². The Morgan fingerprint density at radius 3 is 2.93 bits per heavy atom. The van der Waals surface area contributed by atoms with Gasteiger partial charge in [-0.3, -0.25) is 4.98 Å². The van der Waals surface area contributed by atoms with Gasteiger partial charge in [-0.15, -0.1) is 6.42 Å². The van der Waals surface area contributed by atoms with E-state index in [0.29, 0.717) is 0 Å². The molecule has 2 aromatic rings. The first-order valence-corrected chi connectivity index (χ1v) is 4.78. The summed E-state index contributed by atoms with van der Waals surface area (Å²) in [6.07, 6.45) is 6.78. The first-order chi connectivity index (χ1) is 7.31. The smallest absolute Gasteiger partial charge is 0.156 e. The minimum atomic E-state index is -0.238. The van der Waals surface area contributed by atoms with Crippen LogP contribution in [0.25, 0.3) is 10.9 Å². The van der Waals surface area contributed by atoms with Crippen molar-refractivity contribution in [1.29, 1.82) is 0 Å². The molecule has 0 fully saturated rings. The monoisotopic (exact) mass is 197 g/mol. The molecule has 0 N–H and O–H groups in total. The van der Waals surface area contributed by atoms with Crippen LogP contribution in [0.4, 0.5) is 0 Å². The van der Waals surface area contributed by atoms with Gasteiger partial charge in [-0.2, -0.15) is 0 Å². The molecule has 2 nitrogen and oxygen atoms in total. The van der Waals surface area contributed by atoms with Crippen LogP contribution in [-0.2, 0) is 0 Å². The van der Waals surface area contributed by atoms with Gasteiger partial charge in [0.05, 0.1) is 0 Å². The summed E-state index contributed by atoms with van der Waals surface area (Å²) in [6.45, 7) is 1.84. The predicted molar refractivity (Wildman–Crippen MR) is 60.7 cm³/mol. The Kier molecular flexibility index (Phi) is 2.55. The Morgan fingerprint density at radius 2 is 2.13 bits per heavy atom. The summed E-state index contributed by atoms with van der Waals surface area (Å²) < 4.78 is 5.58. The first kappa shape index (κ1) is 9.54. The highest BCUT2D eigenvalue weighted by Gasteiger charge is 2.04. The highest BCUT2D eigenvalue weighted by molar-refractivity contribution is 5.84. The van der Waals surface area contributed by atoms with Crippen LogP contribution in [0.2, 0.25) is 0 Å².